The summed E-state index contributed by atoms with van der Waals surface area (Å²) in [5, 5.41) is 6.54. The fourth-order valence-corrected chi connectivity index (χ4v) is 3.38. The Hall–Kier alpha value is 0.110. The lowest BCUT2D eigenvalue weighted by Crippen LogP contribution is -2.50. The molecule has 0 amide bonds. The van der Waals surface area contributed by atoms with Crippen molar-refractivity contribution in [1.82, 2.24) is 10.6 Å². The minimum Gasteiger partial charge on any atom is -0.377 e. The normalized spacial score (nSPS) is 31.6. The molecule has 0 aromatic rings. The van der Waals surface area contributed by atoms with Crippen molar-refractivity contribution >= 4 is 11.8 Å². The van der Waals surface area contributed by atoms with E-state index in [9.17, 15) is 0 Å². The highest BCUT2D eigenvalue weighted by Crippen LogP contribution is 2.23. The lowest BCUT2D eigenvalue weighted by molar-refractivity contribution is -0.0797. The van der Waals surface area contributed by atoms with Gasteiger partial charge in [0.2, 0.25) is 0 Å². The Bertz CT molecular complexity index is 205. The summed E-state index contributed by atoms with van der Waals surface area (Å²) in [4.78, 5) is 0. The van der Waals surface area contributed by atoms with E-state index >= 15 is 0 Å². The number of nitrogens with one attached hydrogen (secondary N) is 2. The standard InChI is InChI=1S/C6H11NO2S.C5H11N.C4H8O2/c1-2-9-6-5(7-1)8-3-4-10-6;1-2-4-6-5-3-1;1-2-6-4-3-5-1/h5-7H,1-4H2;6H,1-5H2;1-4H2. The number of thioether (sulfide) groups is 1. The van der Waals surface area contributed by atoms with E-state index in [1.807, 2.05) is 11.8 Å². The molecule has 130 valence electrons. The summed E-state index contributed by atoms with van der Waals surface area (Å²) in [6, 6.07) is 0. The molecule has 0 saturated carbocycles. The average Bonchev–Trinajstić information content (AvgIpc) is 2.66. The number of fused-ring (bicyclic) bond motifs is 1. The summed E-state index contributed by atoms with van der Waals surface area (Å²) >= 11 is 1.84. The Morgan fingerprint density at radius 3 is 1.95 bits per heavy atom. The summed E-state index contributed by atoms with van der Waals surface area (Å²) in [6.07, 6.45) is 4.36. The van der Waals surface area contributed by atoms with Gasteiger partial charge in [0.25, 0.3) is 0 Å². The van der Waals surface area contributed by atoms with Gasteiger partial charge in [0.1, 0.15) is 11.7 Å². The number of hydrogen-bond acceptors (Lipinski definition) is 7. The van der Waals surface area contributed by atoms with Crippen molar-refractivity contribution in [2.75, 3.05) is 65.0 Å². The maximum atomic E-state index is 5.46. The summed E-state index contributed by atoms with van der Waals surface area (Å²) in [5.74, 6) is 1.06. The van der Waals surface area contributed by atoms with Crippen molar-refractivity contribution < 1.29 is 18.9 Å². The van der Waals surface area contributed by atoms with Crippen molar-refractivity contribution in [1.29, 1.82) is 0 Å². The van der Waals surface area contributed by atoms with Gasteiger partial charge in [-0.3, -0.25) is 5.32 Å². The van der Waals surface area contributed by atoms with Crippen LogP contribution in [0.2, 0.25) is 0 Å². The molecule has 0 aromatic carbocycles. The van der Waals surface area contributed by atoms with E-state index in [2.05, 4.69) is 10.6 Å². The predicted octanol–water partition coefficient (Wildman–Crippen LogP) is 0.815. The predicted molar refractivity (Wildman–Crippen MR) is 88.3 cm³/mol. The van der Waals surface area contributed by atoms with Gasteiger partial charge in [-0.2, -0.15) is 0 Å². The van der Waals surface area contributed by atoms with Crippen molar-refractivity contribution in [3.05, 3.63) is 0 Å². The third-order valence-electron chi connectivity index (χ3n) is 3.59. The van der Waals surface area contributed by atoms with Crippen LogP contribution in [0.3, 0.4) is 0 Å². The molecule has 6 nitrogen and oxygen atoms in total. The number of morpholine rings is 1. The molecule has 4 aliphatic rings. The first-order valence-corrected chi connectivity index (χ1v) is 9.46. The fraction of sp³-hybridized carbons (Fsp3) is 1.00. The van der Waals surface area contributed by atoms with Crippen molar-refractivity contribution in [3.8, 4) is 0 Å². The summed E-state index contributed by atoms with van der Waals surface area (Å²) in [6.45, 7) is 8.20. The van der Waals surface area contributed by atoms with Crippen LogP contribution in [0.15, 0.2) is 0 Å². The van der Waals surface area contributed by atoms with Crippen LogP contribution in [-0.2, 0) is 18.9 Å². The zero-order chi connectivity index (χ0) is 15.3. The van der Waals surface area contributed by atoms with Gasteiger partial charge in [-0.1, -0.05) is 6.42 Å². The summed E-state index contributed by atoms with van der Waals surface area (Å²) in [5.41, 5.74) is 0.238. The van der Waals surface area contributed by atoms with E-state index in [-0.39, 0.29) is 11.7 Å². The molecule has 0 aromatic heterocycles. The second kappa shape index (κ2) is 12.5. The van der Waals surface area contributed by atoms with Gasteiger partial charge in [-0.25, -0.2) is 0 Å². The van der Waals surface area contributed by atoms with Crippen LogP contribution < -0.4 is 10.6 Å². The number of ether oxygens (including phenoxy) is 4. The molecule has 0 aliphatic carbocycles. The minimum absolute atomic E-state index is 0.146. The molecule has 4 rings (SSSR count). The topological polar surface area (TPSA) is 61.0 Å². The molecule has 7 heteroatoms. The maximum absolute atomic E-state index is 5.46. The second-order valence-corrected chi connectivity index (χ2v) is 6.60. The highest BCUT2D eigenvalue weighted by molar-refractivity contribution is 7.99. The van der Waals surface area contributed by atoms with E-state index in [0.717, 1.165) is 51.9 Å². The van der Waals surface area contributed by atoms with Gasteiger partial charge in [-0.05, 0) is 25.9 Å². The molecular weight excluding hydrogens is 304 g/mol. The molecule has 0 spiro atoms. The SMILES string of the molecule is C1CCNCC1.C1COC2SCCOC2N1.C1COCCO1. The van der Waals surface area contributed by atoms with Crippen molar-refractivity contribution in [2.45, 2.75) is 30.9 Å². The molecule has 2 N–H and O–H groups in total. The molecule has 4 fully saturated rings. The molecular formula is C15H30N2O4S. The first-order chi connectivity index (χ1) is 11.0. The Morgan fingerprint density at radius 1 is 0.727 bits per heavy atom. The Labute approximate surface area is 138 Å². The number of hydrogen-bond donors (Lipinski definition) is 2. The van der Waals surface area contributed by atoms with E-state index in [1.165, 1.54) is 32.4 Å². The van der Waals surface area contributed by atoms with Gasteiger partial charge < -0.3 is 24.3 Å². The van der Waals surface area contributed by atoms with E-state index in [1.54, 1.807) is 0 Å². The molecule has 0 bridgehead atoms. The van der Waals surface area contributed by atoms with Crippen LogP contribution in [0.25, 0.3) is 0 Å². The highest BCUT2D eigenvalue weighted by Gasteiger charge is 2.29. The molecule has 0 radical (unpaired) electrons. The van der Waals surface area contributed by atoms with Gasteiger partial charge in [0.15, 0.2) is 0 Å². The van der Waals surface area contributed by atoms with E-state index < -0.39 is 0 Å². The van der Waals surface area contributed by atoms with Crippen LogP contribution in [0.5, 0.6) is 0 Å². The zero-order valence-corrected chi connectivity index (χ0v) is 14.2. The van der Waals surface area contributed by atoms with Crippen molar-refractivity contribution in [2.24, 2.45) is 0 Å². The lowest BCUT2D eigenvalue weighted by Gasteiger charge is -2.35. The van der Waals surface area contributed by atoms with Gasteiger partial charge >= 0.3 is 0 Å². The van der Waals surface area contributed by atoms with Crippen LogP contribution in [0.1, 0.15) is 19.3 Å². The molecule has 2 unspecified atom stereocenters. The summed E-state index contributed by atoms with van der Waals surface area (Å²) in [7, 11) is 0. The zero-order valence-electron chi connectivity index (χ0n) is 13.4. The fourth-order valence-electron chi connectivity index (χ4n) is 2.41. The smallest absolute Gasteiger partial charge is 0.144 e. The average molecular weight is 334 g/mol. The largest absolute Gasteiger partial charge is 0.377 e. The first kappa shape index (κ1) is 18.4. The quantitative estimate of drug-likeness (QED) is 0.680. The monoisotopic (exact) mass is 334 g/mol. The number of piperidine rings is 1. The van der Waals surface area contributed by atoms with Crippen LogP contribution >= 0.6 is 11.8 Å². The second-order valence-electron chi connectivity index (χ2n) is 5.39. The number of rotatable bonds is 0. The Balaban J connectivity index is 0.000000128. The van der Waals surface area contributed by atoms with Gasteiger partial charge in [0.05, 0.1) is 39.6 Å². The molecule has 4 heterocycles. The third-order valence-corrected chi connectivity index (χ3v) is 4.71. The van der Waals surface area contributed by atoms with Gasteiger partial charge in [0, 0.05) is 12.3 Å². The van der Waals surface area contributed by atoms with E-state index in [0.29, 0.717) is 0 Å². The Kier molecular flexibility index (Phi) is 10.5. The molecule has 4 saturated heterocycles. The maximum Gasteiger partial charge on any atom is 0.144 e. The first-order valence-electron chi connectivity index (χ1n) is 8.41. The highest BCUT2D eigenvalue weighted by atomic mass is 32.2. The van der Waals surface area contributed by atoms with Crippen LogP contribution in [-0.4, -0.2) is 76.7 Å². The van der Waals surface area contributed by atoms with E-state index in [4.69, 9.17) is 18.9 Å². The van der Waals surface area contributed by atoms with Crippen LogP contribution in [0.4, 0.5) is 0 Å². The molecule has 4 aliphatic heterocycles. The van der Waals surface area contributed by atoms with Crippen LogP contribution in [0, 0.1) is 0 Å². The summed E-state index contributed by atoms with van der Waals surface area (Å²) < 4.78 is 20.8. The Morgan fingerprint density at radius 2 is 1.45 bits per heavy atom. The molecule has 2 atom stereocenters. The minimum atomic E-state index is 0.146. The van der Waals surface area contributed by atoms with Gasteiger partial charge in [-0.15, -0.1) is 11.8 Å². The molecule has 22 heavy (non-hydrogen) atoms. The lowest BCUT2D eigenvalue weighted by atomic mass is 10.2. The van der Waals surface area contributed by atoms with Crippen molar-refractivity contribution in [3.63, 3.8) is 0 Å². The third kappa shape index (κ3) is 8.10.